The fraction of sp³-hybridized carbons (Fsp3) is 0.231. The smallest absolute Gasteiger partial charge is 0.419 e. The molecule has 106 valence electrons. The van der Waals surface area contributed by atoms with Crippen molar-refractivity contribution in [3.8, 4) is 11.6 Å². The first-order chi connectivity index (χ1) is 9.40. The van der Waals surface area contributed by atoms with Gasteiger partial charge in [-0.05, 0) is 30.7 Å². The Morgan fingerprint density at radius 1 is 1.15 bits per heavy atom. The van der Waals surface area contributed by atoms with Crippen LogP contribution in [0.4, 0.5) is 13.2 Å². The first-order valence-corrected chi connectivity index (χ1v) is 5.78. The van der Waals surface area contributed by atoms with Crippen molar-refractivity contribution in [2.24, 2.45) is 5.73 Å². The van der Waals surface area contributed by atoms with Gasteiger partial charge in [-0.1, -0.05) is 6.07 Å². The summed E-state index contributed by atoms with van der Waals surface area (Å²) in [6.45, 7) is 1.74. The molecule has 0 saturated carbocycles. The zero-order chi connectivity index (χ0) is 14.8. The summed E-state index contributed by atoms with van der Waals surface area (Å²) in [6.07, 6.45) is -4.53. The second-order valence-electron chi connectivity index (χ2n) is 4.15. The molecule has 0 spiro atoms. The predicted octanol–water partition coefficient (Wildman–Crippen LogP) is 3.05. The van der Waals surface area contributed by atoms with Crippen LogP contribution in [0, 0.1) is 6.92 Å². The number of hydrogen-bond donors (Lipinski definition) is 1. The van der Waals surface area contributed by atoms with Crippen molar-refractivity contribution in [1.29, 1.82) is 0 Å². The van der Waals surface area contributed by atoms with Gasteiger partial charge in [-0.2, -0.15) is 18.3 Å². The highest BCUT2D eigenvalue weighted by molar-refractivity contribution is 5.41. The lowest BCUT2D eigenvalue weighted by atomic mass is 10.1. The largest absolute Gasteiger partial charge is 0.437 e. The van der Waals surface area contributed by atoms with Crippen LogP contribution in [0.1, 0.15) is 16.8 Å². The summed E-state index contributed by atoms with van der Waals surface area (Å²) in [5.41, 5.74) is 5.48. The quantitative estimate of drug-likeness (QED) is 0.940. The van der Waals surface area contributed by atoms with E-state index in [1.54, 1.807) is 13.0 Å². The van der Waals surface area contributed by atoms with E-state index in [0.717, 1.165) is 6.07 Å². The van der Waals surface area contributed by atoms with Gasteiger partial charge in [0.25, 0.3) is 0 Å². The monoisotopic (exact) mass is 283 g/mol. The molecule has 20 heavy (non-hydrogen) atoms. The van der Waals surface area contributed by atoms with Gasteiger partial charge in [-0.15, -0.1) is 5.10 Å². The minimum Gasteiger partial charge on any atom is -0.437 e. The van der Waals surface area contributed by atoms with Gasteiger partial charge in [0, 0.05) is 12.6 Å². The van der Waals surface area contributed by atoms with E-state index in [4.69, 9.17) is 10.5 Å². The van der Waals surface area contributed by atoms with Crippen LogP contribution in [0.15, 0.2) is 30.3 Å². The van der Waals surface area contributed by atoms with Crippen molar-refractivity contribution in [3.05, 3.63) is 47.2 Å². The van der Waals surface area contributed by atoms with Crippen LogP contribution in [0.2, 0.25) is 0 Å². The molecule has 0 unspecified atom stereocenters. The minimum absolute atomic E-state index is 0.00148. The molecule has 0 atom stereocenters. The Balaban J connectivity index is 2.38. The number of hydrogen-bond acceptors (Lipinski definition) is 4. The molecule has 0 bridgehead atoms. The third-order valence-electron chi connectivity index (χ3n) is 2.57. The molecule has 1 aromatic carbocycles. The van der Waals surface area contributed by atoms with Crippen LogP contribution >= 0.6 is 0 Å². The molecular formula is C13H12F3N3O. The molecule has 0 aliphatic rings. The van der Waals surface area contributed by atoms with E-state index < -0.39 is 11.7 Å². The summed E-state index contributed by atoms with van der Waals surface area (Å²) < 4.78 is 44.1. The minimum atomic E-state index is -4.53. The Morgan fingerprint density at radius 2 is 1.90 bits per heavy atom. The normalized spacial score (nSPS) is 11.4. The van der Waals surface area contributed by atoms with Gasteiger partial charge in [0.1, 0.15) is 5.75 Å². The summed E-state index contributed by atoms with van der Waals surface area (Å²) in [7, 11) is 0. The van der Waals surface area contributed by atoms with Crippen LogP contribution in [-0.4, -0.2) is 10.2 Å². The number of rotatable bonds is 3. The van der Waals surface area contributed by atoms with Crippen LogP contribution in [0.25, 0.3) is 0 Å². The molecule has 0 fully saturated rings. The Bertz CT molecular complexity index is 597. The third kappa shape index (κ3) is 3.24. The lowest BCUT2D eigenvalue weighted by Gasteiger charge is -2.14. The van der Waals surface area contributed by atoms with Gasteiger partial charge in [0.2, 0.25) is 5.88 Å². The predicted molar refractivity (Wildman–Crippen MR) is 66.2 cm³/mol. The number of aromatic nitrogens is 2. The van der Waals surface area contributed by atoms with Crippen molar-refractivity contribution in [3.63, 3.8) is 0 Å². The topological polar surface area (TPSA) is 61.0 Å². The zero-order valence-corrected chi connectivity index (χ0v) is 10.6. The highest BCUT2D eigenvalue weighted by Gasteiger charge is 2.34. The maximum atomic E-state index is 13.0. The van der Waals surface area contributed by atoms with E-state index >= 15 is 0 Å². The Hall–Kier alpha value is -2.15. The number of aryl methyl sites for hydroxylation is 1. The summed E-state index contributed by atoms with van der Waals surface area (Å²) in [5.74, 6) is -0.325. The van der Waals surface area contributed by atoms with Crippen molar-refractivity contribution in [2.75, 3.05) is 0 Å². The van der Waals surface area contributed by atoms with Crippen molar-refractivity contribution in [2.45, 2.75) is 19.6 Å². The van der Waals surface area contributed by atoms with E-state index in [1.807, 2.05) is 0 Å². The number of alkyl halides is 3. The Kier molecular flexibility index (Phi) is 3.89. The maximum Gasteiger partial charge on any atom is 0.419 e. The van der Waals surface area contributed by atoms with E-state index in [9.17, 15) is 13.2 Å². The molecular weight excluding hydrogens is 271 g/mol. The second kappa shape index (κ2) is 5.46. The average Bonchev–Trinajstić information content (AvgIpc) is 2.40. The van der Waals surface area contributed by atoms with Gasteiger partial charge in [-0.25, -0.2) is 0 Å². The average molecular weight is 283 g/mol. The maximum absolute atomic E-state index is 13.0. The first-order valence-electron chi connectivity index (χ1n) is 5.78. The molecule has 7 heteroatoms. The molecule has 1 aromatic heterocycles. The Morgan fingerprint density at radius 3 is 2.45 bits per heavy atom. The SMILES string of the molecule is Cc1ccc(Oc2ccc(CN)cc2C(F)(F)F)nn1. The van der Waals surface area contributed by atoms with Gasteiger partial charge in [0.15, 0.2) is 0 Å². The highest BCUT2D eigenvalue weighted by atomic mass is 19.4. The van der Waals surface area contributed by atoms with Crippen molar-refractivity contribution < 1.29 is 17.9 Å². The highest BCUT2D eigenvalue weighted by Crippen LogP contribution is 2.38. The van der Waals surface area contributed by atoms with E-state index in [-0.39, 0.29) is 18.2 Å². The fourth-order valence-electron chi connectivity index (χ4n) is 1.57. The number of halogens is 3. The van der Waals surface area contributed by atoms with Crippen molar-refractivity contribution in [1.82, 2.24) is 10.2 Å². The number of nitrogens with two attached hydrogens (primary N) is 1. The van der Waals surface area contributed by atoms with Crippen LogP contribution in [0.3, 0.4) is 0 Å². The molecule has 1 heterocycles. The lowest BCUT2D eigenvalue weighted by Crippen LogP contribution is -2.09. The van der Waals surface area contributed by atoms with Crippen LogP contribution in [0.5, 0.6) is 11.6 Å². The molecule has 2 N–H and O–H groups in total. The fourth-order valence-corrected chi connectivity index (χ4v) is 1.57. The van der Waals surface area contributed by atoms with E-state index in [2.05, 4.69) is 10.2 Å². The molecule has 0 aliphatic carbocycles. The van der Waals surface area contributed by atoms with Crippen LogP contribution < -0.4 is 10.5 Å². The lowest BCUT2D eigenvalue weighted by molar-refractivity contribution is -0.138. The molecule has 0 aliphatic heterocycles. The van der Waals surface area contributed by atoms with E-state index in [0.29, 0.717) is 11.3 Å². The Labute approximate surface area is 113 Å². The molecule has 0 radical (unpaired) electrons. The number of ether oxygens (including phenoxy) is 1. The first kappa shape index (κ1) is 14.3. The molecule has 2 rings (SSSR count). The van der Waals surface area contributed by atoms with Crippen LogP contribution in [-0.2, 0) is 12.7 Å². The third-order valence-corrected chi connectivity index (χ3v) is 2.57. The molecule has 2 aromatic rings. The second-order valence-corrected chi connectivity index (χ2v) is 4.15. The molecule has 0 saturated heterocycles. The van der Waals surface area contributed by atoms with Crippen molar-refractivity contribution >= 4 is 0 Å². The summed E-state index contributed by atoms with van der Waals surface area (Å²) in [6, 6.07) is 6.73. The zero-order valence-electron chi connectivity index (χ0n) is 10.6. The summed E-state index contributed by atoms with van der Waals surface area (Å²) >= 11 is 0. The molecule has 4 nitrogen and oxygen atoms in total. The number of benzene rings is 1. The summed E-state index contributed by atoms with van der Waals surface area (Å²) in [5, 5.41) is 7.40. The summed E-state index contributed by atoms with van der Waals surface area (Å²) in [4.78, 5) is 0. The van der Waals surface area contributed by atoms with Gasteiger partial charge >= 0.3 is 6.18 Å². The standard InChI is InChI=1S/C13H12F3N3O/c1-8-2-5-12(19-18-8)20-11-4-3-9(7-17)6-10(11)13(14,15)16/h2-6H,7,17H2,1H3. The van der Waals surface area contributed by atoms with Gasteiger partial charge < -0.3 is 10.5 Å². The van der Waals surface area contributed by atoms with E-state index in [1.165, 1.54) is 18.2 Å². The van der Waals surface area contributed by atoms with Gasteiger partial charge in [-0.3, -0.25) is 0 Å². The molecule has 0 amide bonds. The number of nitrogens with zero attached hydrogens (tertiary/aromatic N) is 2. The van der Waals surface area contributed by atoms with Gasteiger partial charge in [0.05, 0.1) is 11.3 Å².